The number of nitrogens with zero attached hydrogens (tertiary/aromatic N) is 5. The number of hydrogen-bond donors (Lipinski definition) is 0. The second-order valence-corrected chi connectivity index (χ2v) is 12.2. The largest absolute Gasteiger partial charge is 0.477 e. The maximum absolute atomic E-state index is 10.9. The number of ether oxygens (including phenoxy) is 4. The number of imidazole rings is 1. The molecule has 0 aliphatic carbocycles. The van der Waals surface area contributed by atoms with Gasteiger partial charge in [-0.2, -0.15) is 0 Å². The van der Waals surface area contributed by atoms with Crippen LogP contribution < -0.4 is 9.47 Å². The molecule has 4 aliphatic heterocycles. The molecule has 224 valence electrons. The van der Waals surface area contributed by atoms with Crippen LogP contribution in [-0.2, 0) is 27.4 Å². The molecule has 4 aliphatic rings. The molecular weight excluding hydrogens is 534 g/mol. The van der Waals surface area contributed by atoms with Gasteiger partial charge >= 0.3 is 0 Å². The van der Waals surface area contributed by atoms with Crippen molar-refractivity contribution in [3.05, 3.63) is 47.9 Å². The Bertz CT molecular complexity index is 1360. The minimum Gasteiger partial charge on any atom is -0.477 e. The van der Waals surface area contributed by atoms with E-state index in [-0.39, 0.29) is 6.10 Å². The summed E-state index contributed by atoms with van der Waals surface area (Å²) < 4.78 is 24.7. The third kappa shape index (κ3) is 6.17. The number of aromatic nitrogens is 3. The Morgan fingerprint density at radius 3 is 2.52 bits per heavy atom. The quantitative estimate of drug-likeness (QED) is 0.318. The number of likely N-dealkylation sites (tertiary alicyclic amines) is 2. The molecule has 1 atom stereocenters. The molecule has 10 heteroatoms. The van der Waals surface area contributed by atoms with E-state index in [0.717, 1.165) is 113 Å². The smallest absolute Gasteiger partial charge is 0.298 e. The van der Waals surface area contributed by atoms with Gasteiger partial charge in [-0.25, -0.2) is 9.97 Å². The molecule has 0 radical (unpaired) electrons. The third-order valence-electron chi connectivity index (χ3n) is 9.53. The van der Waals surface area contributed by atoms with Gasteiger partial charge in [-0.3, -0.25) is 14.6 Å². The molecule has 3 aromatic rings. The van der Waals surface area contributed by atoms with Crippen LogP contribution in [0.25, 0.3) is 11.0 Å². The average Bonchev–Trinajstić information content (AvgIpc) is 3.30. The summed E-state index contributed by atoms with van der Waals surface area (Å²) in [5.41, 5.74) is 3.04. The predicted molar refractivity (Wildman–Crippen MR) is 157 cm³/mol. The zero-order chi connectivity index (χ0) is 28.3. The van der Waals surface area contributed by atoms with Gasteiger partial charge in [0.2, 0.25) is 5.88 Å². The first-order chi connectivity index (χ1) is 20.7. The molecule has 10 nitrogen and oxygen atoms in total. The lowest BCUT2D eigenvalue weighted by Gasteiger charge is -2.41. The lowest BCUT2D eigenvalue weighted by atomic mass is 9.93. The first-order valence-corrected chi connectivity index (χ1v) is 15.6. The highest BCUT2D eigenvalue weighted by Gasteiger charge is 2.30. The monoisotopic (exact) mass is 575 g/mol. The van der Waals surface area contributed by atoms with Crippen LogP contribution in [0.15, 0.2) is 36.4 Å². The van der Waals surface area contributed by atoms with Gasteiger partial charge in [-0.1, -0.05) is 6.07 Å². The molecule has 0 unspecified atom stereocenters. The van der Waals surface area contributed by atoms with E-state index in [1.54, 1.807) is 6.07 Å². The van der Waals surface area contributed by atoms with Gasteiger partial charge < -0.3 is 23.5 Å². The van der Waals surface area contributed by atoms with E-state index in [2.05, 4.69) is 26.5 Å². The number of hydrogen-bond acceptors (Lipinski definition) is 9. The van der Waals surface area contributed by atoms with Crippen LogP contribution in [-0.4, -0.2) is 95.6 Å². The van der Waals surface area contributed by atoms with Crippen molar-refractivity contribution in [3.63, 3.8) is 0 Å². The van der Waals surface area contributed by atoms with Gasteiger partial charge in [0.05, 0.1) is 56.1 Å². The first-order valence-electron chi connectivity index (χ1n) is 15.6. The number of piperidine rings is 2. The summed E-state index contributed by atoms with van der Waals surface area (Å²) in [6.45, 7) is 9.64. The Morgan fingerprint density at radius 2 is 1.81 bits per heavy atom. The summed E-state index contributed by atoms with van der Waals surface area (Å²) in [4.78, 5) is 25.9. The van der Waals surface area contributed by atoms with Gasteiger partial charge in [-0.15, -0.1) is 0 Å². The first kappa shape index (κ1) is 27.8. The minimum atomic E-state index is 0.207. The molecule has 0 spiro atoms. The fourth-order valence-corrected chi connectivity index (χ4v) is 6.69. The highest BCUT2D eigenvalue weighted by molar-refractivity contribution is 5.78. The van der Waals surface area contributed by atoms with E-state index in [9.17, 15) is 4.79 Å². The number of carbonyl (C=O) groups excluding carboxylic acids is 1. The van der Waals surface area contributed by atoms with E-state index < -0.39 is 0 Å². The molecule has 2 aromatic heterocycles. The second kappa shape index (κ2) is 12.7. The summed E-state index contributed by atoms with van der Waals surface area (Å²) in [6.07, 6.45) is 5.75. The van der Waals surface area contributed by atoms with Crippen molar-refractivity contribution in [1.29, 1.82) is 0 Å². The summed E-state index contributed by atoms with van der Waals surface area (Å²) in [5, 5.41) is 0. The van der Waals surface area contributed by atoms with Crippen LogP contribution in [0.5, 0.6) is 11.6 Å². The van der Waals surface area contributed by atoms with Crippen molar-refractivity contribution >= 4 is 17.5 Å². The predicted octanol–water partition coefficient (Wildman–Crippen LogP) is 3.62. The summed E-state index contributed by atoms with van der Waals surface area (Å²) >= 11 is 0. The Kier molecular flexibility index (Phi) is 8.37. The Balaban J connectivity index is 0.939. The maximum Gasteiger partial charge on any atom is 0.298 e. The molecular formula is C32H41N5O5. The summed E-state index contributed by atoms with van der Waals surface area (Å²) in [6, 6.07) is 12.5. The topological polar surface area (TPSA) is 91.2 Å². The van der Waals surface area contributed by atoms with E-state index in [1.165, 1.54) is 12.8 Å². The fourth-order valence-electron chi connectivity index (χ4n) is 6.69. The van der Waals surface area contributed by atoms with Crippen molar-refractivity contribution in [2.75, 3.05) is 52.6 Å². The van der Waals surface area contributed by atoms with Gasteiger partial charge in [-0.05, 0) is 82.4 Å². The highest BCUT2D eigenvalue weighted by atomic mass is 16.5. The molecule has 4 saturated heterocycles. The molecule has 0 bridgehead atoms. The van der Waals surface area contributed by atoms with Crippen molar-refractivity contribution < 1.29 is 23.7 Å². The summed E-state index contributed by atoms with van der Waals surface area (Å²) in [7, 11) is 0. The Morgan fingerprint density at radius 1 is 0.976 bits per heavy atom. The molecule has 0 saturated carbocycles. The number of pyridine rings is 1. The van der Waals surface area contributed by atoms with Crippen LogP contribution >= 0.6 is 0 Å². The van der Waals surface area contributed by atoms with Crippen LogP contribution in [0.4, 0.5) is 0 Å². The van der Waals surface area contributed by atoms with E-state index in [4.69, 9.17) is 28.9 Å². The van der Waals surface area contributed by atoms with Crippen LogP contribution in [0.1, 0.15) is 49.5 Å². The van der Waals surface area contributed by atoms with Gasteiger partial charge in [0.25, 0.3) is 6.47 Å². The minimum absolute atomic E-state index is 0.207. The summed E-state index contributed by atoms with van der Waals surface area (Å²) in [5.74, 6) is 3.35. The molecule has 6 heterocycles. The standard InChI is InChI=1S/C32H41N5O5/c38-22-42-26-4-5-29-30(16-26)37(17-27-10-15-40-27)31(33-29)18-35-11-8-24(9-12-35)28-2-1-3-32(34-28)41-19-23-6-13-36(14-7-23)25-20-39-21-25/h1-5,16,22-25,27H,6-15,17-21H2/t27-/m0/s1. The zero-order valence-electron chi connectivity index (χ0n) is 24.2. The second-order valence-electron chi connectivity index (χ2n) is 12.2. The Labute approximate surface area is 246 Å². The lowest BCUT2D eigenvalue weighted by molar-refractivity contribution is -0.120. The number of benzene rings is 1. The van der Waals surface area contributed by atoms with E-state index in [0.29, 0.717) is 30.1 Å². The van der Waals surface area contributed by atoms with Gasteiger partial charge in [0.1, 0.15) is 11.6 Å². The SMILES string of the molecule is O=COc1ccc2nc(CN3CCC(c4cccc(OCC5CCN(C6COC6)CC5)n4)CC3)n(C[C@@H]3CCO3)c2c1. The zero-order valence-corrected chi connectivity index (χ0v) is 24.2. The number of rotatable bonds is 11. The lowest BCUT2D eigenvalue weighted by Crippen LogP contribution is -2.52. The molecule has 42 heavy (non-hydrogen) atoms. The van der Waals surface area contributed by atoms with Crippen molar-refractivity contribution in [2.24, 2.45) is 5.92 Å². The molecule has 4 fully saturated rings. The van der Waals surface area contributed by atoms with Crippen LogP contribution in [0, 0.1) is 5.92 Å². The van der Waals surface area contributed by atoms with E-state index in [1.807, 2.05) is 18.2 Å². The van der Waals surface area contributed by atoms with Gasteiger partial charge in [0, 0.05) is 30.4 Å². The third-order valence-corrected chi connectivity index (χ3v) is 9.53. The van der Waals surface area contributed by atoms with Crippen molar-refractivity contribution in [1.82, 2.24) is 24.3 Å². The number of fused-ring (bicyclic) bond motifs is 1. The van der Waals surface area contributed by atoms with Crippen molar-refractivity contribution in [2.45, 2.75) is 63.3 Å². The maximum atomic E-state index is 10.9. The Hall–Kier alpha value is -3.05. The van der Waals surface area contributed by atoms with Crippen LogP contribution in [0.3, 0.4) is 0 Å². The molecule has 0 N–H and O–H groups in total. The molecule has 0 amide bonds. The van der Waals surface area contributed by atoms with Crippen molar-refractivity contribution in [3.8, 4) is 11.6 Å². The van der Waals surface area contributed by atoms with Crippen LogP contribution in [0.2, 0.25) is 0 Å². The van der Waals surface area contributed by atoms with Gasteiger partial charge in [0.15, 0.2) is 0 Å². The number of carbonyl (C=O) groups is 1. The average molecular weight is 576 g/mol. The van der Waals surface area contributed by atoms with E-state index >= 15 is 0 Å². The molecule has 1 aromatic carbocycles. The highest BCUT2D eigenvalue weighted by Crippen LogP contribution is 2.31. The fraction of sp³-hybridized carbons (Fsp3) is 0.594. The normalized spacial score (nSPS) is 23.0. The molecule has 7 rings (SSSR count).